The number of aromatic nitrogens is 4. The number of H-pyrrole nitrogens is 1. The molecule has 35 heavy (non-hydrogen) atoms. The summed E-state index contributed by atoms with van der Waals surface area (Å²) in [6.45, 7) is 9.23. The Labute approximate surface area is 206 Å². The molecule has 3 fully saturated rings. The molecule has 1 N–H and O–H groups in total. The SMILES string of the molecule is CCCn1c(=O)c2[nH]c(C34CCC(/C=C/P(=O)(OCC)OCC)(CC3)CC4)nc2n(CCC)c1=O. The average Bonchev–Trinajstić information content (AvgIpc) is 3.31. The third kappa shape index (κ3) is 4.75. The molecule has 0 radical (unpaired) electrons. The number of aryl methyl sites for hydroxylation is 1. The predicted octanol–water partition coefficient (Wildman–Crippen LogP) is 5.08. The fourth-order valence-electron chi connectivity index (χ4n) is 5.82. The van der Waals surface area contributed by atoms with Gasteiger partial charge in [-0.05, 0) is 70.6 Å². The van der Waals surface area contributed by atoms with Crippen molar-refractivity contribution in [3.63, 3.8) is 0 Å². The van der Waals surface area contributed by atoms with Crippen LogP contribution in [0, 0.1) is 5.41 Å². The quantitative estimate of drug-likeness (QED) is 0.426. The van der Waals surface area contributed by atoms with E-state index >= 15 is 0 Å². The van der Waals surface area contributed by atoms with Crippen molar-refractivity contribution < 1.29 is 13.6 Å². The minimum absolute atomic E-state index is 0.0181. The largest absolute Gasteiger partial charge is 0.353 e. The lowest BCUT2D eigenvalue weighted by molar-refractivity contribution is 0.0739. The Bertz CT molecular complexity index is 1220. The van der Waals surface area contributed by atoms with E-state index in [4.69, 9.17) is 14.0 Å². The lowest BCUT2D eigenvalue weighted by Gasteiger charge is -2.51. The number of aromatic amines is 1. The van der Waals surface area contributed by atoms with Gasteiger partial charge in [-0.3, -0.25) is 18.5 Å². The van der Waals surface area contributed by atoms with Gasteiger partial charge >= 0.3 is 13.3 Å². The Hall–Kier alpha value is -1.96. The van der Waals surface area contributed by atoms with Gasteiger partial charge in [0.2, 0.25) is 0 Å². The summed E-state index contributed by atoms with van der Waals surface area (Å²) in [5.74, 6) is 2.49. The first-order valence-electron chi connectivity index (χ1n) is 13.1. The highest BCUT2D eigenvalue weighted by molar-refractivity contribution is 7.57. The Balaban J connectivity index is 1.65. The molecule has 194 valence electrons. The van der Waals surface area contributed by atoms with Crippen LogP contribution < -0.4 is 11.2 Å². The van der Waals surface area contributed by atoms with Gasteiger partial charge in [0, 0.05) is 24.3 Å². The number of nitrogens with one attached hydrogen (secondary N) is 1. The maximum absolute atomic E-state index is 13.2. The number of allylic oxidation sites excluding steroid dienone is 1. The van der Waals surface area contributed by atoms with Gasteiger partial charge in [-0.2, -0.15) is 0 Å². The molecule has 0 unspecified atom stereocenters. The lowest BCUT2D eigenvalue weighted by atomic mass is 9.53. The first-order chi connectivity index (χ1) is 16.8. The number of imidazole rings is 1. The highest BCUT2D eigenvalue weighted by Crippen LogP contribution is 2.59. The summed E-state index contributed by atoms with van der Waals surface area (Å²) >= 11 is 0. The monoisotopic (exact) mass is 506 g/mol. The molecule has 10 heteroatoms. The first kappa shape index (κ1) is 26.1. The topological polar surface area (TPSA) is 108 Å². The number of fused-ring (bicyclic) bond motifs is 4. The molecule has 5 rings (SSSR count). The van der Waals surface area contributed by atoms with Gasteiger partial charge in [0.05, 0.1) is 13.2 Å². The van der Waals surface area contributed by atoms with E-state index in [-0.39, 0.29) is 22.1 Å². The molecule has 2 aromatic heterocycles. The normalized spacial score (nSPS) is 24.7. The van der Waals surface area contributed by atoms with Crippen molar-refractivity contribution in [2.75, 3.05) is 13.2 Å². The molecule has 0 aromatic carbocycles. The standard InChI is InChI=1S/C25H39N4O5P/c1-5-16-28-20-19(21(30)29(17-6-2)23(28)31)26-22(27-20)25-12-9-24(10-13-25,11-14-25)15-18-35(32,33-7-3)34-8-4/h15,18H,5-14,16-17H2,1-4H3,(H,26,27)/b18-15+. The van der Waals surface area contributed by atoms with Crippen LogP contribution in [0.5, 0.6) is 0 Å². The summed E-state index contributed by atoms with van der Waals surface area (Å²) in [6, 6.07) is 0. The van der Waals surface area contributed by atoms with Crippen LogP contribution >= 0.6 is 7.60 Å². The summed E-state index contributed by atoms with van der Waals surface area (Å²) in [7, 11) is -3.22. The van der Waals surface area contributed by atoms with Crippen molar-refractivity contribution in [1.82, 2.24) is 19.1 Å². The Morgan fingerprint density at radius 3 is 2.06 bits per heavy atom. The highest BCUT2D eigenvalue weighted by Gasteiger charge is 2.50. The van der Waals surface area contributed by atoms with Crippen molar-refractivity contribution in [2.45, 2.75) is 97.6 Å². The minimum atomic E-state index is -3.22. The smallest absolute Gasteiger partial charge is 0.336 e. The van der Waals surface area contributed by atoms with Gasteiger partial charge in [-0.25, -0.2) is 9.78 Å². The van der Waals surface area contributed by atoms with Crippen molar-refractivity contribution in [1.29, 1.82) is 0 Å². The molecule has 0 amide bonds. The zero-order chi connectivity index (χ0) is 25.3. The van der Waals surface area contributed by atoms with Crippen LogP contribution in [0.1, 0.15) is 84.9 Å². The first-order valence-corrected chi connectivity index (χ1v) is 14.7. The van der Waals surface area contributed by atoms with E-state index in [9.17, 15) is 14.2 Å². The molecular formula is C25H39N4O5P. The third-order valence-corrected chi connectivity index (χ3v) is 9.54. The van der Waals surface area contributed by atoms with Gasteiger partial charge in [0.1, 0.15) is 11.3 Å². The second kappa shape index (κ2) is 10.2. The second-order valence-corrected chi connectivity index (χ2v) is 11.9. The van der Waals surface area contributed by atoms with Gasteiger partial charge < -0.3 is 14.0 Å². The maximum atomic E-state index is 13.2. The van der Waals surface area contributed by atoms with Crippen molar-refractivity contribution in [2.24, 2.45) is 5.41 Å². The van der Waals surface area contributed by atoms with Gasteiger partial charge in [0.15, 0.2) is 5.65 Å². The minimum Gasteiger partial charge on any atom is -0.336 e. The van der Waals surface area contributed by atoms with E-state index in [2.05, 4.69) is 11.1 Å². The van der Waals surface area contributed by atoms with Crippen LogP contribution in [0.25, 0.3) is 11.2 Å². The summed E-state index contributed by atoms with van der Waals surface area (Å²) < 4.78 is 26.8. The molecular weight excluding hydrogens is 467 g/mol. The maximum Gasteiger partial charge on any atom is 0.353 e. The van der Waals surface area contributed by atoms with Crippen LogP contribution in [-0.2, 0) is 32.1 Å². The third-order valence-electron chi connectivity index (χ3n) is 7.79. The van der Waals surface area contributed by atoms with Crippen LogP contribution in [0.3, 0.4) is 0 Å². The van der Waals surface area contributed by atoms with E-state index in [0.717, 1.165) is 50.8 Å². The van der Waals surface area contributed by atoms with E-state index in [1.54, 1.807) is 10.4 Å². The summed E-state index contributed by atoms with van der Waals surface area (Å²) in [4.78, 5) is 34.4. The molecule has 2 aromatic rings. The van der Waals surface area contributed by atoms with E-state index in [0.29, 0.717) is 43.9 Å². The molecule has 0 aliphatic heterocycles. The second-order valence-electron chi connectivity index (χ2n) is 10.0. The Kier molecular flexibility index (Phi) is 7.60. The number of hydrogen-bond donors (Lipinski definition) is 1. The van der Waals surface area contributed by atoms with Crippen LogP contribution in [0.2, 0.25) is 0 Å². The molecule has 3 aliphatic carbocycles. The Morgan fingerprint density at radius 1 is 0.943 bits per heavy atom. The zero-order valence-corrected chi connectivity index (χ0v) is 22.4. The lowest BCUT2D eigenvalue weighted by Crippen LogP contribution is -2.44. The summed E-state index contributed by atoms with van der Waals surface area (Å²) in [5, 5.41) is 0. The number of nitrogens with zero attached hydrogens (tertiary/aromatic N) is 3. The van der Waals surface area contributed by atoms with E-state index in [1.807, 2.05) is 27.7 Å². The van der Waals surface area contributed by atoms with Gasteiger partial charge in [0.25, 0.3) is 5.56 Å². The van der Waals surface area contributed by atoms with Crippen molar-refractivity contribution >= 4 is 18.8 Å². The molecule has 2 heterocycles. The summed E-state index contributed by atoms with van der Waals surface area (Å²) in [6.07, 6.45) is 9.18. The molecule has 0 spiro atoms. The molecule has 0 atom stereocenters. The van der Waals surface area contributed by atoms with Crippen molar-refractivity contribution in [3.8, 4) is 0 Å². The highest BCUT2D eigenvalue weighted by atomic mass is 31.2. The molecule has 2 bridgehead atoms. The molecule has 0 saturated heterocycles. The number of rotatable bonds is 11. The predicted molar refractivity (Wildman–Crippen MR) is 137 cm³/mol. The Morgan fingerprint density at radius 2 is 1.51 bits per heavy atom. The fourth-order valence-corrected chi connectivity index (χ4v) is 7.28. The van der Waals surface area contributed by atoms with Crippen molar-refractivity contribution in [3.05, 3.63) is 38.6 Å². The molecule has 3 aliphatic rings. The van der Waals surface area contributed by atoms with Gasteiger partial charge in [-0.15, -0.1) is 0 Å². The molecule has 9 nitrogen and oxygen atoms in total. The van der Waals surface area contributed by atoms with E-state index in [1.165, 1.54) is 4.57 Å². The van der Waals surface area contributed by atoms with E-state index < -0.39 is 7.60 Å². The van der Waals surface area contributed by atoms with Crippen LogP contribution in [0.15, 0.2) is 21.5 Å². The van der Waals surface area contributed by atoms with Crippen LogP contribution in [0.4, 0.5) is 0 Å². The molecule has 3 saturated carbocycles. The zero-order valence-electron chi connectivity index (χ0n) is 21.5. The van der Waals surface area contributed by atoms with Gasteiger partial charge in [-0.1, -0.05) is 19.9 Å². The summed E-state index contributed by atoms with van der Waals surface area (Å²) in [5.41, 5.74) is 0.220. The number of hydrogen-bond acceptors (Lipinski definition) is 6. The van der Waals surface area contributed by atoms with Crippen LogP contribution in [-0.4, -0.2) is 32.3 Å². The average molecular weight is 507 g/mol. The fraction of sp³-hybridized carbons (Fsp3) is 0.720.